The molecule has 3 heteroatoms. The van der Waals surface area contributed by atoms with Gasteiger partial charge in [0.2, 0.25) is 0 Å². The van der Waals surface area contributed by atoms with Crippen molar-refractivity contribution in [3.63, 3.8) is 0 Å². The van der Waals surface area contributed by atoms with E-state index in [0.29, 0.717) is 0 Å². The van der Waals surface area contributed by atoms with Gasteiger partial charge in [-0.15, -0.1) is 0 Å². The average Bonchev–Trinajstić information content (AvgIpc) is 2.35. The molecule has 0 radical (unpaired) electrons. The van der Waals surface area contributed by atoms with E-state index in [9.17, 15) is 0 Å². The minimum atomic E-state index is 0.726. The van der Waals surface area contributed by atoms with E-state index in [4.69, 9.17) is 11.6 Å². The Morgan fingerprint density at radius 3 is 2.59 bits per heavy atom. The summed E-state index contributed by atoms with van der Waals surface area (Å²) >= 11 is 7.83. The summed E-state index contributed by atoms with van der Waals surface area (Å²) < 4.78 is 0. The maximum absolute atomic E-state index is 5.90. The summed E-state index contributed by atoms with van der Waals surface area (Å²) in [6.45, 7) is 4.32. The first kappa shape index (κ1) is 14.9. The smallest absolute Gasteiger partial charge is 0.0406 e. The van der Waals surface area contributed by atoms with E-state index in [1.165, 1.54) is 17.7 Å². The largest absolute Gasteiger partial charge is 0.317 e. The van der Waals surface area contributed by atoms with Gasteiger partial charge < -0.3 is 5.32 Å². The molecule has 1 atom stereocenters. The van der Waals surface area contributed by atoms with E-state index in [2.05, 4.69) is 30.6 Å². The van der Waals surface area contributed by atoms with Crippen molar-refractivity contribution >= 4 is 23.4 Å². The van der Waals surface area contributed by atoms with Crippen LogP contribution in [0.4, 0.5) is 0 Å². The zero-order chi connectivity index (χ0) is 12.5. The predicted octanol–water partition coefficient (Wildman–Crippen LogP) is 3.86. The number of thioether (sulfide) groups is 1. The molecular formula is C14H22ClNS. The first-order valence-corrected chi connectivity index (χ1v) is 7.97. The number of hydrogen-bond acceptors (Lipinski definition) is 2. The molecule has 0 spiro atoms. The number of hydrogen-bond donors (Lipinski definition) is 1. The predicted molar refractivity (Wildman–Crippen MR) is 80.2 cm³/mol. The third-order valence-electron chi connectivity index (χ3n) is 2.85. The van der Waals surface area contributed by atoms with Gasteiger partial charge in [-0.05, 0) is 61.6 Å². The van der Waals surface area contributed by atoms with Gasteiger partial charge in [-0.1, -0.05) is 30.7 Å². The Hall–Kier alpha value is -0.180. The van der Waals surface area contributed by atoms with E-state index in [1.807, 2.05) is 23.9 Å². The third kappa shape index (κ3) is 6.35. The highest BCUT2D eigenvalue weighted by atomic mass is 35.5. The summed E-state index contributed by atoms with van der Waals surface area (Å²) in [7, 11) is 0. The van der Waals surface area contributed by atoms with Gasteiger partial charge in [0, 0.05) is 5.02 Å². The zero-order valence-corrected chi connectivity index (χ0v) is 12.3. The maximum atomic E-state index is 5.90. The van der Waals surface area contributed by atoms with E-state index >= 15 is 0 Å². The Balaban J connectivity index is 2.48. The van der Waals surface area contributed by atoms with Crippen LogP contribution >= 0.6 is 23.4 Å². The van der Waals surface area contributed by atoms with Gasteiger partial charge in [0.05, 0.1) is 0 Å². The first-order valence-electron chi connectivity index (χ1n) is 6.20. The second-order valence-electron chi connectivity index (χ2n) is 4.29. The Morgan fingerprint density at radius 2 is 2.00 bits per heavy atom. The summed E-state index contributed by atoms with van der Waals surface area (Å²) in [6, 6.07) is 8.24. The molecule has 1 aromatic carbocycles. The van der Waals surface area contributed by atoms with Crippen molar-refractivity contribution in [2.75, 3.05) is 25.1 Å². The monoisotopic (exact) mass is 271 g/mol. The third-order valence-corrected chi connectivity index (χ3v) is 3.75. The lowest BCUT2D eigenvalue weighted by Gasteiger charge is -2.17. The van der Waals surface area contributed by atoms with E-state index < -0.39 is 0 Å². The van der Waals surface area contributed by atoms with Crippen molar-refractivity contribution in [3.8, 4) is 0 Å². The summed E-state index contributed by atoms with van der Waals surface area (Å²) in [5.41, 5.74) is 1.39. The molecule has 0 aromatic heterocycles. The Morgan fingerprint density at radius 1 is 1.29 bits per heavy atom. The van der Waals surface area contributed by atoms with Crippen LogP contribution in [-0.2, 0) is 6.42 Å². The number of nitrogens with one attached hydrogen (secondary N) is 1. The van der Waals surface area contributed by atoms with Crippen LogP contribution in [0.2, 0.25) is 5.02 Å². The lowest BCUT2D eigenvalue weighted by molar-refractivity contribution is 0.470. The highest BCUT2D eigenvalue weighted by Crippen LogP contribution is 2.16. The standard InChI is InChI=1S/C14H22ClNS/c1-3-16-11-13(8-9-17-2)10-12-4-6-14(15)7-5-12/h4-7,13,16H,3,8-11H2,1-2H3. The summed E-state index contributed by atoms with van der Waals surface area (Å²) in [5.74, 6) is 1.97. The van der Waals surface area contributed by atoms with Crippen LogP contribution in [-0.4, -0.2) is 25.1 Å². The lowest BCUT2D eigenvalue weighted by Crippen LogP contribution is -2.24. The molecule has 0 fully saturated rings. The molecule has 1 unspecified atom stereocenters. The van der Waals surface area contributed by atoms with Gasteiger partial charge in [0.1, 0.15) is 0 Å². The quantitative estimate of drug-likeness (QED) is 0.771. The second-order valence-corrected chi connectivity index (χ2v) is 5.71. The minimum absolute atomic E-state index is 0.726. The molecule has 0 aliphatic rings. The van der Waals surface area contributed by atoms with Gasteiger partial charge >= 0.3 is 0 Å². The van der Waals surface area contributed by atoms with Crippen molar-refractivity contribution in [2.45, 2.75) is 19.8 Å². The molecule has 1 N–H and O–H groups in total. The lowest BCUT2D eigenvalue weighted by atomic mass is 9.97. The van der Waals surface area contributed by atoms with Crippen LogP contribution in [0.15, 0.2) is 24.3 Å². The molecule has 0 heterocycles. The van der Waals surface area contributed by atoms with Crippen LogP contribution < -0.4 is 5.32 Å². The molecular weight excluding hydrogens is 250 g/mol. The van der Waals surface area contributed by atoms with Crippen molar-refractivity contribution < 1.29 is 0 Å². The highest BCUT2D eigenvalue weighted by Gasteiger charge is 2.08. The van der Waals surface area contributed by atoms with Gasteiger partial charge in [-0.2, -0.15) is 11.8 Å². The molecule has 96 valence electrons. The Labute approximate surface area is 114 Å². The fourth-order valence-corrected chi connectivity index (χ4v) is 2.56. The maximum Gasteiger partial charge on any atom is 0.0406 e. The SMILES string of the molecule is CCNCC(CCSC)Cc1ccc(Cl)cc1. The fourth-order valence-electron chi connectivity index (χ4n) is 1.86. The van der Waals surface area contributed by atoms with Crippen LogP contribution in [0.1, 0.15) is 18.9 Å². The number of benzene rings is 1. The molecule has 0 saturated heterocycles. The topological polar surface area (TPSA) is 12.0 Å². The number of rotatable bonds is 8. The highest BCUT2D eigenvalue weighted by molar-refractivity contribution is 7.98. The van der Waals surface area contributed by atoms with Gasteiger partial charge in [-0.25, -0.2) is 0 Å². The molecule has 17 heavy (non-hydrogen) atoms. The molecule has 0 bridgehead atoms. The summed E-state index contributed by atoms with van der Waals surface area (Å²) in [5, 5.41) is 4.27. The van der Waals surface area contributed by atoms with Gasteiger partial charge in [-0.3, -0.25) is 0 Å². The molecule has 0 aliphatic heterocycles. The summed E-state index contributed by atoms with van der Waals surface area (Å²) in [4.78, 5) is 0. The second kappa shape index (κ2) is 8.84. The van der Waals surface area contributed by atoms with E-state index in [1.54, 1.807) is 0 Å². The molecule has 0 aliphatic carbocycles. The minimum Gasteiger partial charge on any atom is -0.317 e. The van der Waals surface area contributed by atoms with Crippen LogP contribution in [0.25, 0.3) is 0 Å². The van der Waals surface area contributed by atoms with Gasteiger partial charge in [0.25, 0.3) is 0 Å². The Bertz CT molecular complexity index is 292. The van der Waals surface area contributed by atoms with Crippen LogP contribution in [0, 0.1) is 5.92 Å². The normalized spacial score (nSPS) is 12.6. The van der Waals surface area contributed by atoms with Crippen molar-refractivity contribution in [1.29, 1.82) is 0 Å². The number of halogens is 1. The van der Waals surface area contributed by atoms with E-state index in [0.717, 1.165) is 30.5 Å². The van der Waals surface area contributed by atoms with Crippen molar-refractivity contribution in [2.24, 2.45) is 5.92 Å². The first-order chi connectivity index (χ1) is 8.26. The van der Waals surface area contributed by atoms with Crippen LogP contribution in [0.3, 0.4) is 0 Å². The van der Waals surface area contributed by atoms with Crippen molar-refractivity contribution in [1.82, 2.24) is 5.32 Å². The summed E-state index contributed by atoms with van der Waals surface area (Å²) in [6.07, 6.45) is 4.59. The molecule has 1 aromatic rings. The molecule has 1 rings (SSSR count). The molecule has 1 nitrogen and oxygen atoms in total. The molecule has 0 saturated carbocycles. The zero-order valence-electron chi connectivity index (χ0n) is 10.7. The fraction of sp³-hybridized carbons (Fsp3) is 0.571. The average molecular weight is 272 g/mol. The van der Waals surface area contributed by atoms with Gasteiger partial charge in [0.15, 0.2) is 0 Å². The Kier molecular flexibility index (Phi) is 7.74. The van der Waals surface area contributed by atoms with E-state index in [-0.39, 0.29) is 0 Å². The molecule has 0 amide bonds. The van der Waals surface area contributed by atoms with Crippen LogP contribution in [0.5, 0.6) is 0 Å². The van der Waals surface area contributed by atoms with Crippen molar-refractivity contribution in [3.05, 3.63) is 34.9 Å².